The number of aromatic nitrogens is 16. The molecular weight excluding hydrogens is 1620 g/mol. The Hall–Kier alpha value is -8.74. The monoisotopic (exact) mass is 1710 g/mol. The van der Waals surface area contributed by atoms with Crippen molar-refractivity contribution in [2.24, 2.45) is 17.8 Å². The van der Waals surface area contributed by atoms with Gasteiger partial charge in [-0.1, -0.05) is 92.3 Å². The van der Waals surface area contributed by atoms with Crippen molar-refractivity contribution in [2.75, 3.05) is 50.4 Å². The van der Waals surface area contributed by atoms with Crippen LogP contribution in [0.4, 0.5) is 11.6 Å². The summed E-state index contributed by atoms with van der Waals surface area (Å²) in [6.07, 6.45) is 5.18. The van der Waals surface area contributed by atoms with Crippen molar-refractivity contribution in [3.05, 3.63) is 142 Å². The van der Waals surface area contributed by atoms with E-state index >= 15 is 0 Å². The molecule has 4 aliphatic heterocycles. The van der Waals surface area contributed by atoms with Crippen molar-refractivity contribution in [3.8, 4) is 12.3 Å². The Balaban J connectivity index is 0.000000195. The number of fused-ring (bicyclic) bond motifs is 4. The minimum absolute atomic E-state index is 0. The average molecular weight is 1720 g/mol. The van der Waals surface area contributed by atoms with Crippen LogP contribution < -0.4 is 21.8 Å². The standard InChI is InChI=1S/C31H35N9O11P2.C26H38N5O4PSi.C12H15N4O6P.C3H4.CH4/c1-15-20(49-31(24(15)50-52(44)45)40-14-35-22-27(40)36-17(3)37-29(22)43)11-47-53(4,46)51-23-16(2)30(48-19(23)10-41)39-13-34-21-25(32-12-33-26(21)39)38-28(42)18-8-6-5-7-9-18;1-9-18-20(34-36(5)6)21(35-37(7,8)26(2,3)4)25(33-18)31-16-29-19-22(27-15-28-23(19)31)30-24(32)17-13-11-10-12-14-17;1-5-7(3-17)21-12(9(5)22-23(19)20)16-4-13-8-10(16)14-6(2)15-11(8)18;1-3-2;/h5-9,12-16,19-20,23-24,30-31,41H,10-11H2,1-4H3,(H2-,32,33,36,37,38,42,43,44,45);10-16,18,20-21,25H,9H2,1-8H3,(H,27,28,30,32);4-5,7,9,12,17H,3H2,1-2H3,(H-,14,15,18,19,20);1H,2H3;1H4/p+2/t15-,16-,19+,20+,23?,24?,30+,31+,53?;18-,20+,21?,25-;5-,7+,9?,12+;;/m010../s1. The van der Waals surface area contributed by atoms with Crippen LogP contribution in [0.3, 0.4) is 0 Å². The second-order valence-electron chi connectivity index (χ2n) is 29.6. The fourth-order valence-corrected chi connectivity index (χ4v) is 17.8. The van der Waals surface area contributed by atoms with E-state index in [1.165, 1.54) is 47.4 Å². The summed E-state index contributed by atoms with van der Waals surface area (Å²) in [5.41, 5.74) is 2.47. The highest BCUT2D eigenvalue weighted by atomic mass is 31.2. The molecule has 7 unspecified atom stereocenters. The minimum Gasteiger partial charge on any atom is -0.407 e. The van der Waals surface area contributed by atoms with E-state index in [2.05, 4.69) is 137 Å². The second kappa shape index (κ2) is 38.5. The van der Waals surface area contributed by atoms with Crippen molar-refractivity contribution < 1.29 is 89.3 Å². The normalized spacial score (nSPS) is 25.2. The molecule has 628 valence electrons. The van der Waals surface area contributed by atoms with E-state index in [9.17, 15) is 48.0 Å². The lowest BCUT2D eigenvalue weighted by Gasteiger charge is -2.40. The average Bonchev–Trinajstić information content (AvgIpc) is 1.62. The number of aliphatic hydroxyl groups excluding tert-OH is 2. The number of carbonyl (C=O) groups is 2. The first-order chi connectivity index (χ1) is 55.1. The third kappa shape index (κ3) is 20.2. The number of amides is 2. The summed E-state index contributed by atoms with van der Waals surface area (Å²) >= 11 is 0. The zero-order valence-corrected chi connectivity index (χ0v) is 70.7. The van der Waals surface area contributed by atoms with Gasteiger partial charge < -0.3 is 67.8 Å². The number of nitrogens with one attached hydrogen (secondary N) is 4. The number of ether oxygens (including phenoxy) is 4. The molecule has 14 rings (SSSR count). The lowest BCUT2D eigenvalue weighted by atomic mass is 10.0. The Labute approximate surface area is 676 Å². The number of imidazole rings is 4. The van der Waals surface area contributed by atoms with E-state index in [1.807, 2.05) is 22.8 Å². The Morgan fingerprint density at radius 3 is 1.44 bits per heavy atom. The van der Waals surface area contributed by atoms with Crippen LogP contribution in [0.25, 0.3) is 44.7 Å². The van der Waals surface area contributed by atoms with Gasteiger partial charge in [0.2, 0.25) is 0 Å². The smallest absolute Gasteiger partial charge is 0.407 e. The van der Waals surface area contributed by atoms with Crippen molar-refractivity contribution in [1.29, 1.82) is 0 Å². The van der Waals surface area contributed by atoms with Gasteiger partial charge in [0.05, 0.1) is 63.4 Å². The molecule has 0 radical (unpaired) electrons. The number of aryl methyl sites for hydroxylation is 2. The summed E-state index contributed by atoms with van der Waals surface area (Å²) in [7, 11) is -12.6. The number of hydrogen-bond acceptors (Lipinski definition) is 29. The van der Waals surface area contributed by atoms with Crippen molar-refractivity contribution in [3.63, 3.8) is 0 Å². The van der Waals surface area contributed by atoms with E-state index in [0.29, 0.717) is 50.9 Å². The summed E-state index contributed by atoms with van der Waals surface area (Å²) < 4.78 is 104. The van der Waals surface area contributed by atoms with E-state index in [-0.39, 0.29) is 95.4 Å². The van der Waals surface area contributed by atoms with Gasteiger partial charge in [0, 0.05) is 52.8 Å². The van der Waals surface area contributed by atoms with Gasteiger partial charge in [-0.2, -0.15) is 0 Å². The predicted molar refractivity (Wildman–Crippen MR) is 434 cm³/mol. The molecule has 8 aromatic heterocycles. The number of aliphatic hydroxyl groups is 2. The summed E-state index contributed by atoms with van der Waals surface area (Å²) in [5.74, 6) is 1.45. The number of benzene rings is 2. The SMILES string of the molecule is C.C#CC.CC[C@H]1O[C@@H](n2cnc3c(NC(=O)c4ccccc4)ncnc32)C(O[Si](C)(C)C(C)(C)C)[C@H]1OP(C)C.Cc1nc2c(ncn2[C@@H]2O[C@H](CO)[C@H](C)C2O[P+](=O)O)c(=O)[nH]1.Cc1nc2c(ncn2[C@@H]2O[C@H](COP(C)(=O)OC3[C@@H](CO)O[C@@H](n4cnc5c(NC(=O)c6ccccc6)ncnc54)[C@H]3C)[C@H](C)C2O[P+](=O)O)c(=O)[nH]1. The molecule has 4 aliphatic rings. The molecule has 2 amide bonds. The summed E-state index contributed by atoms with van der Waals surface area (Å²) in [6, 6.07) is 17.6. The number of hydrogen-bond donors (Lipinski definition) is 8. The molecule has 0 aliphatic carbocycles. The predicted octanol–water partition coefficient (Wildman–Crippen LogP) is 9.92. The number of rotatable bonds is 24. The fourth-order valence-electron chi connectivity index (χ4n) is 13.5. The molecule has 0 bridgehead atoms. The number of terminal acetylenes is 1. The zero-order chi connectivity index (χ0) is 84.0. The molecule has 4 saturated heterocycles. The van der Waals surface area contributed by atoms with Gasteiger partial charge in [-0.25, -0.2) is 49.8 Å². The highest BCUT2D eigenvalue weighted by molar-refractivity contribution is 7.53. The molecule has 8 N–H and O–H groups in total. The van der Waals surface area contributed by atoms with Crippen molar-refractivity contribution >= 4 is 109 Å². The zero-order valence-electron chi connectivity index (χ0n) is 66.2. The van der Waals surface area contributed by atoms with Crippen LogP contribution in [-0.2, 0) is 59.7 Å². The molecule has 12 heterocycles. The first kappa shape index (κ1) is 90.6. The minimum atomic E-state index is -3.89. The number of carbonyl (C=O) groups excluding carboxylic acids is 2. The maximum atomic E-state index is 13.8. The maximum Gasteiger partial charge on any atom is 0.695 e. The van der Waals surface area contributed by atoms with Crippen LogP contribution in [0.2, 0.25) is 18.1 Å². The number of anilines is 2. The van der Waals surface area contributed by atoms with Gasteiger partial charge in [0.15, 0.2) is 95.5 Å². The highest BCUT2D eigenvalue weighted by Gasteiger charge is 2.54. The van der Waals surface area contributed by atoms with Gasteiger partial charge >= 0.3 is 24.1 Å². The number of H-pyrrole nitrogens is 2. The van der Waals surface area contributed by atoms with Crippen LogP contribution >= 0.6 is 32.3 Å². The first-order valence-corrected chi connectivity index (χ1v) is 46.2. The lowest BCUT2D eigenvalue weighted by molar-refractivity contribution is -0.0498. The van der Waals surface area contributed by atoms with Crippen molar-refractivity contribution in [1.82, 2.24) is 78.1 Å². The first-order valence-electron chi connectivity index (χ1n) is 36.8. The fraction of sp³-hybridized carbons (Fsp3) is 0.507. The molecule has 0 spiro atoms. The van der Waals surface area contributed by atoms with Gasteiger partial charge in [-0.15, -0.1) is 31.2 Å². The topological polar surface area (TPSA) is 497 Å². The molecule has 10 aromatic rings. The third-order valence-electron chi connectivity index (χ3n) is 20.3. The maximum absolute atomic E-state index is 13.8. The number of nitrogens with zero attached hydrogens (tertiary/aromatic N) is 14. The molecule has 44 heteroatoms. The van der Waals surface area contributed by atoms with Crippen molar-refractivity contribution in [2.45, 2.75) is 181 Å². The third-order valence-corrected chi connectivity index (χ3v) is 27.6. The highest BCUT2D eigenvalue weighted by Crippen LogP contribution is 2.53. The second-order valence-corrected chi connectivity index (χ2v) is 39.5. The molecule has 2 aromatic carbocycles. The van der Waals surface area contributed by atoms with E-state index < -0.39 is 126 Å². The summed E-state index contributed by atoms with van der Waals surface area (Å²) in [5, 5.41) is 25.3. The van der Waals surface area contributed by atoms with E-state index in [4.69, 9.17) is 50.9 Å². The number of aromatic amines is 2. The Bertz CT molecular complexity index is 5380. The van der Waals surface area contributed by atoms with Crippen LogP contribution in [0.5, 0.6) is 0 Å². The summed E-state index contributed by atoms with van der Waals surface area (Å²) in [4.78, 5) is 117. The van der Waals surface area contributed by atoms with Gasteiger partial charge in [0.25, 0.3) is 22.9 Å². The molecular formula is C73H98N18O21P4Si+2. The molecule has 4 fully saturated rings. The Morgan fingerprint density at radius 1 is 0.615 bits per heavy atom. The molecule has 0 saturated carbocycles. The van der Waals surface area contributed by atoms with Crippen LogP contribution in [0.1, 0.15) is 127 Å². The Kier molecular flexibility index (Phi) is 29.8. The quantitative estimate of drug-likeness (QED) is 0.0158. The lowest BCUT2D eigenvalue weighted by Crippen LogP contribution is -2.48. The van der Waals surface area contributed by atoms with Crippen LogP contribution in [0.15, 0.2) is 108 Å². The van der Waals surface area contributed by atoms with Gasteiger partial charge in [0.1, 0.15) is 54.9 Å². The Morgan fingerprint density at radius 2 is 1.02 bits per heavy atom. The van der Waals surface area contributed by atoms with Crippen LogP contribution in [0, 0.1) is 43.9 Å². The molecule has 19 atom stereocenters. The van der Waals surface area contributed by atoms with E-state index in [1.54, 1.807) is 94.9 Å². The van der Waals surface area contributed by atoms with Gasteiger partial charge in [-0.3, -0.25) is 42.0 Å². The largest absolute Gasteiger partial charge is 0.695 e. The summed E-state index contributed by atoms with van der Waals surface area (Å²) in [6.45, 7) is 27.9. The van der Waals surface area contributed by atoms with E-state index in [0.717, 1.165) is 6.42 Å². The molecule has 117 heavy (non-hydrogen) atoms. The van der Waals surface area contributed by atoms with Gasteiger partial charge in [-0.05, 0) is 82.9 Å². The van der Waals surface area contributed by atoms with Crippen LogP contribution in [-0.4, -0.2) is 213 Å². The molecule has 39 nitrogen and oxygen atoms in total.